The van der Waals surface area contributed by atoms with E-state index in [9.17, 15) is 0 Å². The summed E-state index contributed by atoms with van der Waals surface area (Å²) in [6, 6.07) is 0.274. The molecule has 3 rings (SSSR count). The van der Waals surface area contributed by atoms with Gasteiger partial charge in [0.05, 0.1) is 5.69 Å². The average molecular weight is 500 g/mol. The van der Waals surface area contributed by atoms with E-state index in [1.54, 1.807) is 0 Å². The molecule has 2 aromatic heterocycles. The molecule has 2 N–H and O–H groups in total. The van der Waals surface area contributed by atoms with Gasteiger partial charge in [-0.2, -0.15) is 5.10 Å². The van der Waals surface area contributed by atoms with Gasteiger partial charge in [-0.3, -0.25) is 9.67 Å². The summed E-state index contributed by atoms with van der Waals surface area (Å²) in [6.07, 6.45) is 3.06. The molecule has 8 nitrogen and oxygen atoms in total. The molecule has 2 aromatic rings. The Bertz CT molecular complexity index is 822. The second-order valence-electron chi connectivity index (χ2n) is 7.65. The lowest BCUT2D eigenvalue weighted by atomic mass is 9.99. The van der Waals surface area contributed by atoms with Gasteiger partial charge in [0.2, 0.25) is 0 Å². The van der Waals surface area contributed by atoms with E-state index in [-0.39, 0.29) is 30.0 Å². The van der Waals surface area contributed by atoms with Crippen LogP contribution in [0.4, 0.5) is 0 Å². The van der Waals surface area contributed by atoms with Gasteiger partial charge in [0, 0.05) is 45.3 Å². The highest BCUT2D eigenvalue weighted by molar-refractivity contribution is 14.0. The molecular formula is C19H33IN8. The van der Waals surface area contributed by atoms with Crippen LogP contribution in [0.5, 0.6) is 0 Å². The van der Waals surface area contributed by atoms with E-state index in [0.29, 0.717) is 5.92 Å². The second-order valence-corrected chi connectivity index (χ2v) is 7.65. The van der Waals surface area contributed by atoms with Crippen molar-refractivity contribution in [2.45, 2.75) is 59.5 Å². The van der Waals surface area contributed by atoms with Crippen molar-refractivity contribution in [3.05, 3.63) is 28.6 Å². The Balaban J connectivity index is 0.00000280. The predicted octanol–water partition coefficient (Wildman–Crippen LogP) is 1.91. The summed E-state index contributed by atoms with van der Waals surface area (Å²) >= 11 is 0. The zero-order valence-electron chi connectivity index (χ0n) is 17.8. The Morgan fingerprint density at radius 1 is 1.29 bits per heavy atom. The number of aryl methyl sites for hydroxylation is 4. The Kier molecular flexibility index (Phi) is 7.85. The number of guanidine groups is 1. The third-order valence-corrected chi connectivity index (χ3v) is 5.56. The average Bonchev–Trinajstić information content (AvgIpc) is 3.13. The van der Waals surface area contributed by atoms with Crippen LogP contribution in [-0.4, -0.2) is 50.1 Å². The van der Waals surface area contributed by atoms with Crippen LogP contribution in [0, 0.1) is 26.7 Å². The smallest absolute Gasteiger partial charge is 0.191 e. The van der Waals surface area contributed by atoms with Gasteiger partial charge in [-0.15, -0.1) is 34.2 Å². The number of hydrogen-bond donors (Lipinski definition) is 2. The Hall–Kier alpha value is -1.65. The van der Waals surface area contributed by atoms with Gasteiger partial charge in [0.1, 0.15) is 11.6 Å². The molecular weight excluding hydrogens is 467 g/mol. The maximum Gasteiger partial charge on any atom is 0.191 e. The van der Waals surface area contributed by atoms with Crippen LogP contribution in [0.15, 0.2) is 4.99 Å². The molecule has 28 heavy (non-hydrogen) atoms. The Labute approximate surface area is 184 Å². The normalized spacial score (nSPS) is 17.6. The molecule has 156 valence electrons. The zero-order chi connectivity index (χ0) is 19.6. The molecule has 0 saturated carbocycles. The summed E-state index contributed by atoms with van der Waals surface area (Å²) in [7, 11) is 3.82. The van der Waals surface area contributed by atoms with Crippen molar-refractivity contribution in [2.24, 2.45) is 18.0 Å². The lowest BCUT2D eigenvalue weighted by Crippen LogP contribution is -2.45. The van der Waals surface area contributed by atoms with Gasteiger partial charge in [-0.05, 0) is 52.0 Å². The summed E-state index contributed by atoms with van der Waals surface area (Å²) in [6.45, 7) is 10.3. The van der Waals surface area contributed by atoms with Gasteiger partial charge in [-0.1, -0.05) is 0 Å². The molecule has 0 spiro atoms. The van der Waals surface area contributed by atoms with Crippen LogP contribution in [0.1, 0.15) is 41.9 Å². The summed E-state index contributed by atoms with van der Waals surface area (Å²) in [5.41, 5.74) is 3.65. The van der Waals surface area contributed by atoms with Crippen LogP contribution >= 0.6 is 24.0 Å². The molecule has 0 aromatic carbocycles. The van der Waals surface area contributed by atoms with Gasteiger partial charge in [-0.25, -0.2) is 0 Å². The Morgan fingerprint density at radius 2 is 2.04 bits per heavy atom. The fourth-order valence-electron chi connectivity index (χ4n) is 3.84. The number of hydrogen-bond acceptors (Lipinski definition) is 4. The quantitative estimate of drug-likeness (QED) is 0.373. The van der Waals surface area contributed by atoms with Crippen molar-refractivity contribution in [3.63, 3.8) is 0 Å². The van der Waals surface area contributed by atoms with Crippen molar-refractivity contribution in [3.8, 4) is 0 Å². The zero-order valence-corrected chi connectivity index (χ0v) is 20.1. The molecule has 0 aliphatic carbocycles. The summed E-state index contributed by atoms with van der Waals surface area (Å²) in [5.74, 6) is 3.53. The standard InChI is InChI=1S/C19H32N8.HI/c1-12(9-17-13(2)25-26(6)14(17)3)22-19(20-5)21-10-16-7-8-18-24-23-15(4)27(18)11-16;/h12,16H,7-11H2,1-6H3,(H2,20,21,22);1H. The molecule has 0 bridgehead atoms. The first-order valence-corrected chi connectivity index (χ1v) is 9.74. The van der Waals surface area contributed by atoms with Crippen molar-refractivity contribution in [1.29, 1.82) is 0 Å². The first kappa shape index (κ1) is 22.6. The van der Waals surface area contributed by atoms with Crippen molar-refractivity contribution in [2.75, 3.05) is 13.6 Å². The number of fused-ring (bicyclic) bond motifs is 1. The maximum absolute atomic E-state index is 4.51. The van der Waals surface area contributed by atoms with Crippen LogP contribution < -0.4 is 10.6 Å². The minimum Gasteiger partial charge on any atom is -0.356 e. The van der Waals surface area contributed by atoms with Crippen molar-refractivity contribution in [1.82, 2.24) is 35.2 Å². The largest absolute Gasteiger partial charge is 0.356 e. The van der Waals surface area contributed by atoms with E-state index in [1.807, 2.05) is 25.7 Å². The number of nitrogens with zero attached hydrogens (tertiary/aromatic N) is 6. The second kappa shape index (κ2) is 9.71. The SMILES string of the molecule is CN=C(NCC1CCc2nnc(C)n2C1)NC(C)Cc1c(C)nn(C)c1C.I. The predicted molar refractivity (Wildman–Crippen MR) is 122 cm³/mol. The van der Waals surface area contributed by atoms with Gasteiger partial charge in [0.15, 0.2) is 5.96 Å². The highest BCUT2D eigenvalue weighted by Crippen LogP contribution is 2.19. The Morgan fingerprint density at radius 3 is 2.68 bits per heavy atom. The number of nitrogens with one attached hydrogen (secondary N) is 2. The maximum atomic E-state index is 4.51. The molecule has 0 radical (unpaired) electrons. The summed E-state index contributed by atoms with van der Waals surface area (Å²) < 4.78 is 4.19. The van der Waals surface area contributed by atoms with E-state index in [2.05, 4.69) is 56.3 Å². The monoisotopic (exact) mass is 500 g/mol. The van der Waals surface area contributed by atoms with Gasteiger partial charge in [0.25, 0.3) is 0 Å². The summed E-state index contributed by atoms with van der Waals surface area (Å²) in [5, 5.41) is 20.0. The van der Waals surface area contributed by atoms with E-state index < -0.39 is 0 Å². The lowest BCUT2D eigenvalue weighted by molar-refractivity contribution is 0.358. The molecule has 1 aliphatic rings. The lowest BCUT2D eigenvalue weighted by Gasteiger charge is -2.25. The topological polar surface area (TPSA) is 84.9 Å². The third-order valence-electron chi connectivity index (χ3n) is 5.56. The third kappa shape index (κ3) is 5.03. The van der Waals surface area contributed by atoms with E-state index in [4.69, 9.17) is 0 Å². The van der Waals surface area contributed by atoms with Crippen LogP contribution in [-0.2, 0) is 26.4 Å². The number of aliphatic imine (C=N–C) groups is 1. The van der Waals surface area contributed by atoms with Gasteiger partial charge >= 0.3 is 0 Å². The van der Waals surface area contributed by atoms with Crippen molar-refractivity contribution >= 4 is 29.9 Å². The number of aromatic nitrogens is 5. The van der Waals surface area contributed by atoms with E-state index >= 15 is 0 Å². The first-order chi connectivity index (χ1) is 12.9. The molecule has 9 heteroatoms. The minimum absolute atomic E-state index is 0. The number of halogens is 1. The van der Waals surface area contributed by atoms with Gasteiger partial charge < -0.3 is 15.2 Å². The fraction of sp³-hybridized carbons (Fsp3) is 0.684. The van der Waals surface area contributed by atoms with Crippen LogP contribution in [0.3, 0.4) is 0 Å². The minimum atomic E-state index is 0. The van der Waals surface area contributed by atoms with Crippen LogP contribution in [0.25, 0.3) is 0 Å². The molecule has 3 heterocycles. The molecule has 0 saturated heterocycles. The van der Waals surface area contributed by atoms with E-state index in [1.165, 1.54) is 11.3 Å². The molecule has 0 amide bonds. The highest BCUT2D eigenvalue weighted by atomic mass is 127. The first-order valence-electron chi connectivity index (χ1n) is 9.74. The molecule has 2 unspecified atom stereocenters. The van der Waals surface area contributed by atoms with Crippen LogP contribution in [0.2, 0.25) is 0 Å². The summed E-state index contributed by atoms with van der Waals surface area (Å²) in [4.78, 5) is 4.40. The molecule has 0 fully saturated rings. The highest BCUT2D eigenvalue weighted by Gasteiger charge is 2.22. The molecule has 2 atom stereocenters. The van der Waals surface area contributed by atoms with Crippen molar-refractivity contribution < 1.29 is 0 Å². The van der Waals surface area contributed by atoms with E-state index in [0.717, 1.165) is 55.7 Å². The molecule has 1 aliphatic heterocycles. The number of rotatable bonds is 5. The fourth-order valence-corrected chi connectivity index (χ4v) is 3.84.